The first-order chi connectivity index (χ1) is 21.8. The van der Waals surface area contributed by atoms with Crippen LogP contribution in [0.25, 0.3) is 16.7 Å². The van der Waals surface area contributed by atoms with Crippen molar-refractivity contribution in [2.45, 2.75) is 38.6 Å². The van der Waals surface area contributed by atoms with Gasteiger partial charge in [0.15, 0.2) is 0 Å². The van der Waals surface area contributed by atoms with Gasteiger partial charge in [0.25, 0.3) is 0 Å². The van der Waals surface area contributed by atoms with Crippen LogP contribution in [0, 0.1) is 13.8 Å². The zero-order valence-corrected chi connectivity index (χ0v) is 25.0. The van der Waals surface area contributed by atoms with Gasteiger partial charge in [-0.05, 0) is 60.9 Å². The summed E-state index contributed by atoms with van der Waals surface area (Å²) in [6, 6.07) is 32.0. The van der Waals surface area contributed by atoms with E-state index in [0.717, 1.165) is 27.8 Å². The summed E-state index contributed by atoms with van der Waals surface area (Å²) in [6.45, 7) is 3.75. The molecule has 0 saturated carbocycles. The zero-order valence-electron chi connectivity index (χ0n) is 25.0. The summed E-state index contributed by atoms with van der Waals surface area (Å²) in [5.74, 6) is -1.12. The second-order valence-corrected chi connectivity index (χ2v) is 11.2. The molecular weight excluding hydrogens is 568 g/mol. The molecular formula is C38H32O7. The quantitative estimate of drug-likeness (QED) is 0.158. The highest BCUT2D eigenvalue weighted by molar-refractivity contribution is 6.02. The molecule has 7 nitrogen and oxygen atoms in total. The lowest BCUT2D eigenvalue weighted by Gasteiger charge is -2.19. The summed E-state index contributed by atoms with van der Waals surface area (Å²) in [7, 11) is 0. The number of cyclic esters (lactones) is 1. The van der Waals surface area contributed by atoms with Crippen LogP contribution >= 0.6 is 0 Å². The smallest absolute Gasteiger partial charge is 0.338 e. The van der Waals surface area contributed by atoms with Crippen LogP contribution in [0.4, 0.5) is 0 Å². The van der Waals surface area contributed by atoms with Crippen LogP contribution < -0.4 is 0 Å². The Morgan fingerprint density at radius 1 is 0.756 bits per heavy atom. The standard InChI is InChI=1S/C38H32O7/c1-24-8-12-29(13-9-24)37(40)42-23-35-34(45-38(41)30-14-10-25(2)11-15-30)21-31(43-35)20-33-32(22-36(39)44-33)28-18-16-27(17-19-28)26-6-4-3-5-7-26/h3-20,22,31,34-35H,21,23H2,1-2H3/b33-20-/t31-,34+,35-/m1/s1. The molecule has 4 aromatic rings. The number of carbonyl (C=O) groups excluding carboxylic acids is 3. The van der Waals surface area contributed by atoms with Gasteiger partial charge in [-0.15, -0.1) is 0 Å². The molecule has 4 aromatic carbocycles. The molecule has 0 bridgehead atoms. The summed E-state index contributed by atoms with van der Waals surface area (Å²) >= 11 is 0. The Balaban J connectivity index is 1.20. The highest BCUT2D eigenvalue weighted by atomic mass is 16.6. The van der Waals surface area contributed by atoms with Gasteiger partial charge < -0.3 is 18.9 Å². The van der Waals surface area contributed by atoms with Crippen LogP contribution in [-0.4, -0.2) is 42.8 Å². The fourth-order valence-corrected chi connectivity index (χ4v) is 5.33. The first kappa shape index (κ1) is 29.8. The van der Waals surface area contributed by atoms with E-state index < -0.39 is 36.2 Å². The molecule has 3 atom stereocenters. The molecule has 0 aliphatic carbocycles. The number of aryl methyl sites for hydroxylation is 2. The van der Waals surface area contributed by atoms with E-state index in [1.807, 2.05) is 92.7 Å². The molecule has 0 aromatic heterocycles. The van der Waals surface area contributed by atoms with Crippen molar-refractivity contribution in [3.8, 4) is 11.1 Å². The predicted molar refractivity (Wildman–Crippen MR) is 169 cm³/mol. The topological polar surface area (TPSA) is 88.1 Å². The van der Waals surface area contributed by atoms with E-state index in [2.05, 4.69) is 0 Å². The summed E-state index contributed by atoms with van der Waals surface area (Å²) in [5, 5.41) is 0. The van der Waals surface area contributed by atoms with Gasteiger partial charge in [-0.3, -0.25) is 0 Å². The van der Waals surface area contributed by atoms with Crippen LogP contribution in [0.1, 0.15) is 43.8 Å². The third-order valence-corrected chi connectivity index (χ3v) is 7.82. The Kier molecular flexibility index (Phi) is 8.71. The van der Waals surface area contributed by atoms with Crippen LogP contribution in [-0.2, 0) is 23.7 Å². The minimum atomic E-state index is -0.731. The third kappa shape index (κ3) is 7.11. The third-order valence-electron chi connectivity index (χ3n) is 7.82. The summed E-state index contributed by atoms with van der Waals surface area (Å²) in [5.41, 5.74) is 6.46. The Bertz CT molecular complexity index is 1750. The molecule has 2 aliphatic rings. The molecule has 45 heavy (non-hydrogen) atoms. The maximum Gasteiger partial charge on any atom is 0.338 e. The number of hydrogen-bond donors (Lipinski definition) is 0. The number of carbonyl (C=O) groups is 3. The summed E-state index contributed by atoms with van der Waals surface area (Å²) in [6.07, 6.45) is 1.44. The van der Waals surface area contributed by atoms with E-state index in [4.69, 9.17) is 18.9 Å². The number of hydrogen-bond acceptors (Lipinski definition) is 7. The van der Waals surface area contributed by atoms with Gasteiger partial charge in [0, 0.05) is 18.1 Å². The van der Waals surface area contributed by atoms with Crippen LogP contribution in [0.5, 0.6) is 0 Å². The maximum absolute atomic E-state index is 13.0. The largest absolute Gasteiger partial charge is 0.459 e. The number of benzene rings is 4. The van der Waals surface area contributed by atoms with Crippen molar-refractivity contribution in [1.82, 2.24) is 0 Å². The lowest BCUT2D eigenvalue weighted by Crippen LogP contribution is -2.32. The zero-order chi connectivity index (χ0) is 31.3. The van der Waals surface area contributed by atoms with Crippen molar-refractivity contribution in [1.29, 1.82) is 0 Å². The molecule has 0 N–H and O–H groups in total. The molecule has 2 aliphatic heterocycles. The summed E-state index contributed by atoms with van der Waals surface area (Å²) in [4.78, 5) is 38.2. The van der Waals surface area contributed by atoms with E-state index in [-0.39, 0.29) is 13.0 Å². The highest BCUT2D eigenvalue weighted by Crippen LogP contribution is 2.34. The number of rotatable bonds is 8. The molecule has 1 fully saturated rings. The van der Waals surface area contributed by atoms with Gasteiger partial charge in [-0.2, -0.15) is 0 Å². The van der Waals surface area contributed by atoms with Crippen molar-refractivity contribution in [2.75, 3.05) is 6.61 Å². The Morgan fingerprint density at radius 2 is 1.33 bits per heavy atom. The van der Waals surface area contributed by atoms with Crippen molar-refractivity contribution < 1.29 is 33.3 Å². The predicted octanol–water partition coefficient (Wildman–Crippen LogP) is 7.03. The molecule has 0 radical (unpaired) electrons. The van der Waals surface area contributed by atoms with E-state index in [0.29, 0.717) is 22.5 Å². The molecule has 226 valence electrons. The fourth-order valence-electron chi connectivity index (χ4n) is 5.33. The number of allylic oxidation sites excluding steroid dienone is 1. The SMILES string of the molecule is Cc1ccc(C(=O)OC[C@H]2O[C@H](/C=C3\OC(=O)C=C3c3ccc(-c4ccccc4)cc3)C[C@@H]2OC(=O)c2ccc(C)cc2)cc1. The minimum absolute atomic E-state index is 0.123. The van der Waals surface area contributed by atoms with Crippen molar-refractivity contribution >= 4 is 23.5 Å². The molecule has 2 heterocycles. The first-order valence-corrected chi connectivity index (χ1v) is 14.8. The molecule has 0 spiro atoms. The van der Waals surface area contributed by atoms with Gasteiger partial charge in [0.2, 0.25) is 0 Å². The number of esters is 3. The molecule has 0 amide bonds. The van der Waals surface area contributed by atoms with Gasteiger partial charge in [0.05, 0.1) is 17.2 Å². The van der Waals surface area contributed by atoms with Crippen LogP contribution in [0.3, 0.4) is 0 Å². The molecule has 6 rings (SSSR count). The van der Waals surface area contributed by atoms with Gasteiger partial charge in [0.1, 0.15) is 24.6 Å². The monoisotopic (exact) mass is 600 g/mol. The van der Waals surface area contributed by atoms with Crippen molar-refractivity contribution in [3.05, 3.63) is 149 Å². The summed E-state index contributed by atoms with van der Waals surface area (Å²) < 4.78 is 23.3. The maximum atomic E-state index is 13.0. The second-order valence-electron chi connectivity index (χ2n) is 11.2. The van der Waals surface area contributed by atoms with E-state index >= 15 is 0 Å². The average Bonchev–Trinajstić information content (AvgIpc) is 3.62. The lowest BCUT2D eigenvalue weighted by atomic mass is 9.99. The Morgan fingerprint density at radius 3 is 1.98 bits per heavy atom. The van der Waals surface area contributed by atoms with Gasteiger partial charge in [-0.1, -0.05) is 90.0 Å². The molecule has 0 unspecified atom stereocenters. The van der Waals surface area contributed by atoms with E-state index in [1.165, 1.54) is 6.08 Å². The van der Waals surface area contributed by atoms with Crippen LogP contribution in [0.15, 0.2) is 121 Å². The second kappa shape index (κ2) is 13.2. The van der Waals surface area contributed by atoms with E-state index in [9.17, 15) is 14.4 Å². The lowest BCUT2D eigenvalue weighted by molar-refractivity contribution is -0.132. The van der Waals surface area contributed by atoms with E-state index in [1.54, 1.807) is 30.3 Å². The van der Waals surface area contributed by atoms with Gasteiger partial charge in [-0.25, -0.2) is 14.4 Å². The van der Waals surface area contributed by atoms with Crippen LogP contribution in [0.2, 0.25) is 0 Å². The molecule has 1 saturated heterocycles. The molecule has 7 heteroatoms. The van der Waals surface area contributed by atoms with Crippen molar-refractivity contribution in [3.63, 3.8) is 0 Å². The normalized spacial score (nSPS) is 20.0. The average molecular weight is 601 g/mol. The number of ether oxygens (including phenoxy) is 4. The first-order valence-electron chi connectivity index (χ1n) is 14.8. The highest BCUT2D eigenvalue weighted by Gasteiger charge is 2.39. The Labute approximate surface area is 261 Å². The fraction of sp³-hybridized carbons (Fsp3) is 0.184. The minimum Gasteiger partial charge on any atom is -0.459 e. The Hall–Kier alpha value is -5.27. The van der Waals surface area contributed by atoms with Crippen molar-refractivity contribution in [2.24, 2.45) is 0 Å². The van der Waals surface area contributed by atoms with Gasteiger partial charge >= 0.3 is 17.9 Å².